The molecule has 2 aromatic carbocycles. The molecular formula is C31H37ClFN3O2. The fraction of sp³-hybridized carbons (Fsp3) is 0.419. The minimum atomic E-state index is -0.254. The van der Waals surface area contributed by atoms with Gasteiger partial charge in [0.1, 0.15) is 12.4 Å². The topological polar surface area (TPSA) is 45.6 Å². The molecule has 1 aliphatic carbocycles. The average Bonchev–Trinajstić information content (AvgIpc) is 3.37. The highest BCUT2D eigenvalue weighted by molar-refractivity contribution is 6.31. The zero-order valence-electron chi connectivity index (χ0n) is 22.1. The molecule has 0 saturated heterocycles. The molecule has 0 aliphatic heterocycles. The van der Waals surface area contributed by atoms with Gasteiger partial charge in [0.05, 0.1) is 6.54 Å². The van der Waals surface area contributed by atoms with Crippen LogP contribution in [0.4, 0.5) is 4.39 Å². The van der Waals surface area contributed by atoms with Gasteiger partial charge in [0.15, 0.2) is 0 Å². The second-order valence-electron chi connectivity index (χ2n) is 10.2. The Labute approximate surface area is 230 Å². The molecule has 1 aliphatic rings. The number of amides is 2. The van der Waals surface area contributed by atoms with E-state index in [1.165, 1.54) is 18.6 Å². The maximum Gasteiger partial charge on any atom is 0.254 e. The normalized spacial score (nSPS) is 13.9. The number of nitrogens with zero attached hydrogens (tertiary/aromatic N) is 3. The van der Waals surface area contributed by atoms with E-state index in [1.54, 1.807) is 41.3 Å². The second-order valence-corrected chi connectivity index (χ2v) is 10.6. The van der Waals surface area contributed by atoms with Gasteiger partial charge in [0.25, 0.3) is 5.91 Å². The van der Waals surface area contributed by atoms with E-state index < -0.39 is 0 Å². The van der Waals surface area contributed by atoms with Gasteiger partial charge in [-0.05, 0) is 67.3 Å². The van der Waals surface area contributed by atoms with Crippen molar-refractivity contribution in [1.82, 2.24) is 14.4 Å². The fourth-order valence-corrected chi connectivity index (χ4v) is 5.37. The highest BCUT2D eigenvalue weighted by Gasteiger charge is 2.29. The van der Waals surface area contributed by atoms with E-state index in [-0.39, 0.29) is 30.2 Å². The number of hydrogen-bond donors (Lipinski definition) is 0. The number of rotatable bonds is 11. The molecule has 38 heavy (non-hydrogen) atoms. The van der Waals surface area contributed by atoms with Crippen LogP contribution in [0.1, 0.15) is 73.5 Å². The van der Waals surface area contributed by atoms with Gasteiger partial charge < -0.3 is 14.4 Å². The molecule has 1 saturated carbocycles. The summed E-state index contributed by atoms with van der Waals surface area (Å²) in [6.45, 7) is 3.72. The number of carbonyl (C=O) groups excluding carboxylic acids is 2. The summed E-state index contributed by atoms with van der Waals surface area (Å²) < 4.78 is 15.5. The predicted octanol–water partition coefficient (Wildman–Crippen LogP) is 6.93. The summed E-state index contributed by atoms with van der Waals surface area (Å²) in [4.78, 5) is 31.0. The summed E-state index contributed by atoms with van der Waals surface area (Å²) in [7, 11) is 0. The third-order valence-corrected chi connectivity index (χ3v) is 7.56. The fourth-order valence-electron chi connectivity index (χ4n) is 5.18. The van der Waals surface area contributed by atoms with E-state index in [0.29, 0.717) is 30.2 Å². The molecule has 1 fully saturated rings. The van der Waals surface area contributed by atoms with Crippen molar-refractivity contribution in [3.8, 4) is 0 Å². The summed E-state index contributed by atoms with van der Waals surface area (Å²) in [6, 6.07) is 17.6. The van der Waals surface area contributed by atoms with Crippen molar-refractivity contribution in [3.05, 3.63) is 94.5 Å². The van der Waals surface area contributed by atoms with Gasteiger partial charge in [-0.15, -0.1) is 0 Å². The van der Waals surface area contributed by atoms with Crippen LogP contribution in [0.5, 0.6) is 0 Å². The Balaban J connectivity index is 1.54. The van der Waals surface area contributed by atoms with Crippen molar-refractivity contribution in [3.63, 3.8) is 0 Å². The van der Waals surface area contributed by atoms with Crippen molar-refractivity contribution in [1.29, 1.82) is 0 Å². The quantitative estimate of drug-likeness (QED) is 0.266. The molecule has 5 nitrogen and oxygen atoms in total. The Bertz CT molecular complexity index is 1200. The van der Waals surface area contributed by atoms with Crippen LogP contribution in [-0.4, -0.2) is 45.3 Å². The molecule has 2 amide bonds. The zero-order valence-corrected chi connectivity index (χ0v) is 22.9. The first-order valence-electron chi connectivity index (χ1n) is 13.7. The molecule has 3 aromatic rings. The third kappa shape index (κ3) is 7.47. The highest BCUT2D eigenvalue weighted by Crippen LogP contribution is 2.25. The van der Waals surface area contributed by atoms with Crippen LogP contribution in [0.2, 0.25) is 5.02 Å². The van der Waals surface area contributed by atoms with Crippen LogP contribution < -0.4 is 0 Å². The lowest BCUT2D eigenvalue weighted by atomic mass is 9.94. The lowest BCUT2D eigenvalue weighted by Gasteiger charge is -2.36. The third-order valence-electron chi connectivity index (χ3n) is 7.32. The van der Waals surface area contributed by atoms with E-state index in [2.05, 4.69) is 11.5 Å². The minimum Gasteiger partial charge on any atom is -0.345 e. The van der Waals surface area contributed by atoms with E-state index in [9.17, 15) is 14.0 Å². The summed E-state index contributed by atoms with van der Waals surface area (Å²) in [6.07, 6.45) is 9.09. The van der Waals surface area contributed by atoms with Crippen molar-refractivity contribution in [2.75, 3.05) is 13.1 Å². The molecule has 0 N–H and O–H groups in total. The van der Waals surface area contributed by atoms with E-state index >= 15 is 0 Å². The predicted molar refractivity (Wildman–Crippen MR) is 150 cm³/mol. The first-order valence-corrected chi connectivity index (χ1v) is 14.0. The summed E-state index contributed by atoms with van der Waals surface area (Å²) >= 11 is 6.15. The van der Waals surface area contributed by atoms with Crippen molar-refractivity contribution < 1.29 is 14.0 Å². The number of halogens is 2. The largest absolute Gasteiger partial charge is 0.345 e. The molecule has 0 atom stereocenters. The first-order chi connectivity index (χ1) is 18.4. The lowest BCUT2D eigenvalue weighted by Crippen LogP contribution is -2.47. The van der Waals surface area contributed by atoms with Crippen molar-refractivity contribution >= 4 is 23.4 Å². The maximum absolute atomic E-state index is 13.9. The molecule has 1 aromatic heterocycles. The Kier molecular flexibility index (Phi) is 9.99. The SMILES string of the molecule is CCCCN(CC(=O)N(Cc1cccn1Cc1ccc(F)cc1)C1CCCCC1)C(=O)c1cccc(Cl)c1. The number of unbranched alkanes of at least 4 members (excludes halogenated alkanes) is 1. The molecular weight excluding hydrogens is 501 g/mol. The molecule has 1 heterocycles. The van der Waals surface area contributed by atoms with Gasteiger partial charge in [-0.1, -0.05) is 62.4 Å². The number of carbonyl (C=O) groups is 2. The smallest absolute Gasteiger partial charge is 0.254 e. The van der Waals surface area contributed by atoms with E-state index in [0.717, 1.165) is 49.8 Å². The number of benzene rings is 2. The Morgan fingerprint density at radius 2 is 1.79 bits per heavy atom. The minimum absolute atomic E-state index is 0.0297. The standard InChI is InChI=1S/C31H37ClFN3O2/c1-2-3-18-35(31(38)25-9-7-10-26(32)20-25)23-30(37)36(28-11-5-4-6-12-28)22-29-13-8-19-34(29)21-24-14-16-27(33)17-15-24/h7-10,13-17,19-20,28H,2-6,11-12,18,21-23H2,1H3. The van der Waals surface area contributed by atoms with Crippen LogP contribution >= 0.6 is 11.6 Å². The monoisotopic (exact) mass is 537 g/mol. The van der Waals surface area contributed by atoms with Crippen LogP contribution in [0.15, 0.2) is 66.9 Å². The van der Waals surface area contributed by atoms with Gasteiger partial charge in [-0.25, -0.2) is 4.39 Å². The highest BCUT2D eigenvalue weighted by atomic mass is 35.5. The molecule has 202 valence electrons. The summed E-state index contributed by atoms with van der Waals surface area (Å²) in [5.74, 6) is -0.453. The Morgan fingerprint density at radius 3 is 2.50 bits per heavy atom. The second kappa shape index (κ2) is 13.6. The summed E-state index contributed by atoms with van der Waals surface area (Å²) in [5, 5.41) is 0.503. The number of hydrogen-bond acceptors (Lipinski definition) is 2. The van der Waals surface area contributed by atoms with Crippen LogP contribution in [-0.2, 0) is 17.9 Å². The van der Waals surface area contributed by atoms with E-state index in [1.807, 2.05) is 23.2 Å². The van der Waals surface area contributed by atoms with Gasteiger partial charge >= 0.3 is 0 Å². The summed E-state index contributed by atoms with van der Waals surface area (Å²) in [5.41, 5.74) is 2.52. The van der Waals surface area contributed by atoms with Gasteiger partial charge in [-0.2, -0.15) is 0 Å². The van der Waals surface area contributed by atoms with Gasteiger partial charge in [0.2, 0.25) is 5.91 Å². The van der Waals surface area contributed by atoms with Crippen molar-refractivity contribution in [2.24, 2.45) is 0 Å². The molecule has 7 heteroatoms. The zero-order chi connectivity index (χ0) is 26.9. The lowest BCUT2D eigenvalue weighted by molar-refractivity contribution is -0.135. The average molecular weight is 538 g/mol. The Morgan fingerprint density at radius 1 is 1.03 bits per heavy atom. The molecule has 4 rings (SSSR count). The van der Waals surface area contributed by atoms with Gasteiger partial charge in [-0.3, -0.25) is 9.59 Å². The van der Waals surface area contributed by atoms with Crippen LogP contribution in [0.3, 0.4) is 0 Å². The van der Waals surface area contributed by atoms with Crippen LogP contribution in [0.25, 0.3) is 0 Å². The molecule has 0 spiro atoms. The first kappa shape index (κ1) is 27.9. The molecule has 0 unspecified atom stereocenters. The molecule has 0 radical (unpaired) electrons. The van der Waals surface area contributed by atoms with E-state index in [4.69, 9.17) is 11.6 Å². The Hall–Kier alpha value is -3.12. The van der Waals surface area contributed by atoms with Gasteiger partial charge in [0, 0.05) is 41.6 Å². The van der Waals surface area contributed by atoms with Crippen molar-refractivity contribution in [2.45, 2.75) is 71.0 Å². The maximum atomic E-state index is 13.9. The number of aromatic nitrogens is 1. The molecule has 0 bridgehead atoms. The van der Waals surface area contributed by atoms with Crippen LogP contribution in [0, 0.1) is 5.82 Å².